The molecule has 0 bridgehead atoms. The van der Waals surface area contributed by atoms with Gasteiger partial charge >= 0.3 is 0 Å². The van der Waals surface area contributed by atoms with E-state index in [2.05, 4.69) is 25.5 Å². The van der Waals surface area contributed by atoms with Gasteiger partial charge in [0.1, 0.15) is 11.6 Å². The van der Waals surface area contributed by atoms with Crippen molar-refractivity contribution in [2.75, 3.05) is 29.9 Å². The molecule has 1 aliphatic rings. The van der Waals surface area contributed by atoms with Crippen LogP contribution in [-0.2, 0) is 4.79 Å². The molecule has 2 rings (SSSR count). The summed E-state index contributed by atoms with van der Waals surface area (Å²) < 4.78 is 0. The largest absolute Gasteiger partial charge is 0.369 e. The highest BCUT2D eigenvalue weighted by Gasteiger charge is 2.24. The predicted octanol–water partition coefficient (Wildman–Crippen LogP) is 0.623. The highest BCUT2D eigenvalue weighted by molar-refractivity contribution is 5.73. The van der Waals surface area contributed by atoms with E-state index in [0.717, 1.165) is 37.7 Å². The Morgan fingerprint density at radius 3 is 3.11 bits per heavy atom. The lowest BCUT2D eigenvalue weighted by atomic mass is 10.3. The molecule has 1 amide bonds. The minimum atomic E-state index is 0.0225. The fourth-order valence-electron chi connectivity index (χ4n) is 2.15. The standard InChI is InChI=1S/C12H19N5O/c1-3-14-11-6-13-7-12(16-11)17-5-4-10(8-17)15-9(2)18/h6-7,10H,3-5,8H2,1-2H3,(H,14,16)(H,15,18). The van der Waals surface area contributed by atoms with Crippen molar-refractivity contribution in [2.45, 2.75) is 26.3 Å². The van der Waals surface area contributed by atoms with Gasteiger partial charge in [0.2, 0.25) is 5.91 Å². The van der Waals surface area contributed by atoms with Gasteiger partial charge < -0.3 is 15.5 Å². The molecule has 6 heteroatoms. The van der Waals surface area contributed by atoms with Crippen molar-refractivity contribution in [3.05, 3.63) is 12.4 Å². The average molecular weight is 249 g/mol. The minimum absolute atomic E-state index is 0.0225. The highest BCUT2D eigenvalue weighted by atomic mass is 16.1. The third-order valence-corrected chi connectivity index (χ3v) is 2.90. The summed E-state index contributed by atoms with van der Waals surface area (Å²) in [6.07, 6.45) is 4.43. The Kier molecular flexibility index (Phi) is 3.96. The topological polar surface area (TPSA) is 70.2 Å². The second kappa shape index (κ2) is 5.66. The molecule has 0 radical (unpaired) electrons. The van der Waals surface area contributed by atoms with Crippen LogP contribution in [0.25, 0.3) is 0 Å². The molecule has 6 nitrogen and oxygen atoms in total. The van der Waals surface area contributed by atoms with E-state index < -0.39 is 0 Å². The monoisotopic (exact) mass is 249 g/mol. The maximum Gasteiger partial charge on any atom is 0.217 e. The first-order valence-electron chi connectivity index (χ1n) is 6.27. The van der Waals surface area contributed by atoms with Crippen molar-refractivity contribution in [3.8, 4) is 0 Å². The van der Waals surface area contributed by atoms with Crippen molar-refractivity contribution in [1.29, 1.82) is 0 Å². The van der Waals surface area contributed by atoms with Gasteiger partial charge in [-0.25, -0.2) is 4.98 Å². The SMILES string of the molecule is CCNc1cncc(N2CCC(NC(C)=O)C2)n1. The summed E-state index contributed by atoms with van der Waals surface area (Å²) >= 11 is 0. The summed E-state index contributed by atoms with van der Waals surface area (Å²) in [5, 5.41) is 6.08. The first-order valence-corrected chi connectivity index (χ1v) is 6.27. The van der Waals surface area contributed by atoms with Gasteiger partial charge in [0, 0.05) is 32.6 Å². The van der Waals surface area contributed by atoms with Crippen LogP contribution < -0.4 is 15.5 Å². The lowest BCUT2D eigenvalue weighted by molar-refractivity contribution is -0.119. The van der Waals surface area contributed by atoms with Crippen molar-refractivity contribution < 1.29 is 4.79 Å². The zero-order valence-corrected chi connectivity index (χ0v) is 10.8. The number of anilines is 2. The molecule has 2 heterocycles. The molecule has 1 unspecified atom stereocenters. The lowest BCUT2D eigenvalue weighted by Crippen LogP contribution is -2.35. The number of amides is 1. The summed E-state index contributed by atoms with van der Waals surface area (Å²) in [6, 6.07) is 0.215. The zero-order chi connectivity index (χ0) is 13.0. The van der Waals surface area contributed by atoms with Crippen molar-refractivity contribution in [1.82, 2.24) is 15.3 Å². The predicted molar refractivity (Wildman–Crippen MR) is 70.6 cm³/mol. The fraction of sp³-hybridized carbons (Fsp3) is 0.583. The van der Waals surface area contributed by atoms with E-state index in [0.29, 0.717) is 0 Å². The molecule has 2 N–H and O–H groups in total. The minimum Gasteiger partial charge on any atom is -0.369 e. The number of carbonyl (C=O) groups is 1. The number of carbonyl (C=O) groups excluding carboxylic acids is 1. The van der Waals surface area contributed by atoms with Crippen LogP contribution in [0, 0.1) is 0 Å². The normalized spacial score (nSPS) is 18.8. The smallest absolute Gasteiger partial charge is 0.217 e. The molecule has 98 valence electrons. The lowest BCUT2D eigenvalue weighted by Gasteiger charge is -2.18. The fourth-order valence-corrected chi connectivity index (χ4v) is 2.15. The first-order chi connectivity index (χ1) is 8.69. The molecule has 0 aromatic carbocycles. The Morgan fingerprint density at radius 1 is 1.56 bits per heavy atom. The van der Waals surface area contributed by atoms with Gasteiger partial charge in [-0.1, -0.05) is 0 Å². The summed E-state index contributed by atoms with van der Waals surface area (Å²) in [5.41, 5.74) is 0. The summed E-state index contributed by atoms with van der Waals surface area (Å²) in [7, 11) is 0. The van der Waals surface area contributed by atoms with Gasteiger partial charge in [0.05, 0.1) is 12.4 Å². The van der Waals surface area contributed by atoms with Gasteiger partial charge in [-0.2, -0.15) is 0 Å². The Bertz CT molecular complexity index is 423. The number of aromatic nitrogens is 2. The van der Waals surface area contributed by atoms with Gasteiger partial charge in [0.25, 0.3) is 0 Å². The molecule has 1 fully saturated rings. The molecule has 0 spiro atoms. The van der Waals surface area contributed by atoms with Crippen LogP contribution >= 0.6 is 0 Å². The number of hydrogen-bond donors (Lipinski definition) is 2. The van der Waals surface area contributed by atoms with E-state index >= 15 is 0 Å². The van der Waals surface area contributed by atoms with E-state index in [1.165, 1.54) is 0 Å². The molecule has 0 aliphatic carbocycles. The van der Waals surface area contributed by atoms with Crippen LogP contribution in [0.1, 0.15) is 20.3 Å². The first kappa shape index (κ1) is 12.6. The number of nitrogens with zero attached hydrogens (tertiary/aromatic N) is 3. The van der Waals surface area contributed by atoms with E-state index in [-0.39, 0.29) is 11.9 Å². The van der Waals surface area contributed by atoms with Crippen molar-refractivity contribution in [2.24, 2.45) is 0 Å². The van der Waals surface area contributed by atoms with Crippen LogP contribution in [0.4, 0.5) is 11.6 Å². The average Bonchev–Trinajstić information content (AvgIpc) is 2.77. The quantitative estimate of drug-likeness (QED) is 0.818. The van der Waals surface area contributed by atoms with Crippen molar-refractivity contribution in [3.63, 3.8) is 0 Å². The molecule has 1 aromatic rings. The molecular formula is C12H19N5O. The Hall–Kier alpha value is -1.85. The van der Waals surface area contributed by atoms with E-state index in [4.69, 9.17) is 0 Å². The maximum absolute atomic E-state index is 11.0. The van der Waals surface area contributed by atoms with E-state index in [9.17, 15) is 4.79 Å². The highest BCUT2D eigenvalue weighted by Crippen LogP contribution is 2.18. The molecule has 0 saturated carbocycles. The third kappa shape index (κ3) is 3.09. The molecule has 18 heavy (non-hydrogen) atoms. The molecule has 1 atom stereocenters. The molecule has 1 saturated heterocycles. The van der Waals surface area contributed by atoms with E-state index in [1.807, 2.05) is 6.92 Å². The van der Waals surface area contributed by atoms with Crippen LogP contribution in [0.2, 0.25) is 0 Å². The van der Waals surface area contributed by atoms with Crippen LogP contribution in [0.5, 0.6) is 0 Å². The number of hydrogen-bond acceptors (Lipinski definition) is 5. The Morgan fingerprint density at radius 2 is 2.39 bits per heavy atom. The second-order valence-corrected chi connectivity index (χ2v) is 4.42. The number of rotatable bonds is 4. The number of nitrogens with one attached hydrogen (secondary N) is 2. The Balaban J connectivity index is 2.00. The molecule has 1 aromatic heterocycles. The van der Waals surface area contributed by atoms with Gasteiger partial charge in [0.15, 0.2) is 0 Å². The molecular weight excluding hydrogens is 230 g/mol. The summed E-state index contributed by atoms with van der Waals surface area (Å²) in [5.74, 6) is 1.67. The van der Waals surface area contributed by atoms with Gasteiger partial charge in [-0.3, -0.25) is 9.78 Å². The van der Waals surface area contributed by atoms with Gasteiger partial charge in [-0.15, -0.1) is 0 Å². The third-order valence-electron chi connectivity index (χ3n) is 2.90. The summed E-state index contributed by atoms with van der Waals surface area (Å²) in [4.78, 5) is 21.8. The van der Waals surface area contributed by atoms with Crippen LogP contribution in [0.15, 0.2) is 12.4 Å². The molecule has 1 aliphatic heterocycles. The van der Waals surface area contributed by atoms with Gasteiger partial charge in [-0.05, 0) is 13.3 Å². The summed E-state index contributed by atoms with van der Waals surface area (Å²) in [6.45, 7) is 6.09. The van der Waals surface area contributed by atoms with Crippen LogP contribution in [-0.4, -0.2) is 41.6 Å². The maximum atomic E-state index is 11.0. The Labute approximate surface area is 107 Å². The van der Waals surface area contributed by atoms with Crippen molar-refractivity contribution >= 4 is 17.5 Å². The zero-order valence-electron chi connectivity index (χ0n) is 10.8. The van der Waals surface area contributed by atoms with E-state index in [1.54, 1.807) is 19.3 Å². The second-order valence-electron chi connectivity index (χ2n) is 4.42. The van der Waals surface area contributed by atoms with Crippen LogP contribution in [0.3, 0.4) is 0 Å².